The molecule has 0 spiro atoms. The lowest BCUT2D eigenvalue weighted by molar-refractivity contribution is -0.116. The van der Waals surface area contributed by atoms with Crippen LogP contribution in [-0.2, 0) is 11.3 Å². The highest BCUT2D eigenvalue weighted by Gasteiger charge is 2.03. The molecule has 1 heterocycles. The second-order valence-corrected chi connectivity index (χ2v) is 3.30. The van der Waals surface area contributed by atoms with E-state index in [2.05, 4.69) is 10.4 Å². The molecule has 1 amide bonds. The third-order valence-corrected chi connectivity index (χ3v) is 1.99. The summed E-state index contributed by atoms with van der Waals surface area (Å²) in [6.07, 6.45) is 3.32. The van der Waals surface area contributed by atoms with Gasteiger partial charge < -0.3 is 10.4 Å². The molecular weight excluding hydrogens is 206 g/mol. The lowest BCUT2D eigenvalue weighted by atomic mass is 10.3. The minimum Gasteiger partial charge on any atom is -0.508 e. The fraction of sp³-hybridized carbons (Fsp3) is 0.0909. The zero-order valence-corrected chi connectivity index (χ0v) is 8.50. The smallest absolute Gasteiger partial charge is 0.246 e. The first-order chi connectivity index (χ1) is 7.74. The van der Waals surface area contributed by atoms with E-state index in [9.17, 15) is 9.90 Å². The van der Waals surface area contributed by atoms with Crippen LogP contribution in [0.3, 0.4) is 0 Å². The van der Waals surface area contributed by atoms with E-state index in [0.29, 0.717) is 5.69 Å². The summed E-state index contributed by atoms with van der Waals surface area (Å²) in [5.41, 5.74) is 0.567. The van der Waals surface area contributed by atoms with Gasteiger partial charge in [0, 0.05) is 24.1 Å². The second kappa shape index (κ2) is 4.48. The molecule has 0 saturated carbocycles. The molecule has 0 aliphatic carbocycles. The first kappa shape index (κ1) is 10.2. The van der Waals surface area contributed by atoms with Gasteiger partial charge in [-0.3, -0.25) is 9.48 Å². The molecule has 82 valence electrons. The number of anilines is 1. The average Bonchev–Trinajstić information content (AvgIpc) is 2.70. The monoisotopic (exact) mass is 217 g/mol. The maximum atomic E-state index is 11.5. The van der Waals surface area contributed by atoms with E-state index >= 15 is 0 Å². The lowest BCUT2D eigenvalue weighted by Gasteiger charge is -2.05. The first-order valence-electron chi connectivity index (χ1n) is 4.80. The molecule has 0 aliphatic heterocycles. The molecule has 2 rings (SSSR count). The van der Waals surface area contributed by atoms with Gasteiger partial charge in [0.15, 0.2) is 0 Å². The van der Waals surface area contributed by atoms with Crippen LogP contribution in [0.4, 0.5) is 5.69 Å². The van der Waals surface area contributed by atoms with Crippen LogP contribution in [0, 0.1) is 0 Å². The number of benzene rings is 1. The van der Waals surface area contributed by atoms with Crippen molar-refractivity contribution in [3.8, 4) is 5.75 Å². The molecule has 5 heteroatoms. The zero-order valence-electron chi connectivity index (χ0n) is 8.50. The van der Waals surface area contributed by atoms with Crippen molar-refractivity contribution < 1.29 is 9.90 Å². The van der Waals surface area contributed by atoms with E-state index in [-0.39, 0.29) is 18.2 Å². The molecule has 0 unspecified atom stereocenters. The highest BCUT2D eigenvalue weighted by atomic mass is 16.3. The summed E-state index contributed by atoms with van der Waals surface area (Å²) in [7, 11) is 0. The van der Waals surface area contributed by atoms with Gasteiger partial charge in [-0.15, -0.1) is 0 Å². The number of nitrogens with one attached hydrogen (secondary N) is 1. The Labute approximate surface area is 92.3 Å². The van der Waals surface area contributed by atoms with Crippen LogP contribution in [0.1, 0.15) is 0 Å². The number of carbonyl (C=O) groups excluding carboxylic acids is 1. The third-order valence-electron chi connectivity index (χ3n) is 1.99. The van der Waals surface area contributed by atoms with Crippen molar-refractivity contribution in [2.75, 3.05) is 5.32 Å². The number of aromatic hydroxyl groups is 1. The van der Waals surface area contributed by atoms with Crippen molar-refractivity contribution in [1.29, 1.82) is 0 Å². The van der Waals surface area contributed by atoms with Crippen LogP contribution in [0.2, 0.25) is 0 Å². The normalized spacial score (nSPS) is 10.0. The minimum absolute atomic E-state index is 0.122. The number of phenols is 1. The Bertz CT molecular complexity index is 480. The van der Waals surface area contributed by atoms with E-state index in [4.69, 9.17) is 0 Å². The van der Waals surface area contributed by atoms with Gasteiger partial charge in [0.1, 0.15) is 12.3 Å². The number of nitrogens with zero attached hydrogens (tertiary/aromatic N) is 2. The third kappa shape index (κ3) is 2.60. The maximum Gasteiger partial charge on any atom is 0.246 e. The summed E-state index contributed by atoms with van der Waals surface area (Å²) in [6, 6.07) is 8.16. The molecule has 1 aromatic carbocycles. The Hall–Kier alpha value is -2.30. The predicted molar refractivity (Wildman–Crippen MR) is 59.0 cm³/mol. The maximum absolute atomic E-state index is 11.5. The Balaban J connectivity index is 1.97. The summed E-state index contributed by atoms with van der Waals surface area (Å²) in [4.78, 5) is 11.5. The Kier molecular flexibility index (Phi) is 2.86. The van der Waals surface area contributed by atoms with E-state index in [0.717, 1.165) is 0 Å². The molecule has 2 N–H and O–H groups in total. The molecule has 0 atom stereocenters. The summed E-state index contributed by atoms with van der Waals surface area (Å²) in [5.74, 6) is -0.0637. The molecule has 2 aromatic rings. The number of hydrogen-bond acceptors (Lipinski definition) is 3. The average molecular weight is 217 g/mol. The van der Waals surface area contributed by atoms with Gasteiger partial charge in [-0.2, -0.15) is 5.10 Å². The van der Waals surface area contributed by atoms with E-state index in [1.807, 2.05) is 0 Å². The van der Waals surface area contributed by atoms with E-state index < -0.39 is 0 Å². The highest BCUT2D eigenvalue weighted by molar-refractivity contribution is 5.90. The van der Waals surface area contributed by atoms with E-state index in [1.54, 1.807) is 36.7 Å². The fourth-order valence-corrected chi connectivity index (χ4v) is 1.33. The standard InChI is InChI=1S/C11H11N3O2/c15-10-4-1-3-9(7-10)13-11(16)8-14-6-2-5-12-14/h1-7,15H,8H2,(H,13,16). The molecule has 16 heavy (non-hydrogen) atoms. The van der Waals surface area contributed by atoms with Crippen molar-refractivity contribution >= 4 is 11.6 Å². The number of phenolic OH excluding ortho intramolecular Hbond substituents is 1. The van der Waals surface area contributed by atoms with Gasteiger partial charge >= 0.3 is 0 Å². The van der Waals surface area contributed by atoms with Crippen molar-refractivity contribution in [2.45, 2.75) is 6.54 Å². The Morgan fingerprint density at radius 3 is 3.00 bits per heavy atom. The number of amides is 1. The van der Waals surface area contributed by atoms with Gasteiger partial charge in [0.05, 0.1) is 0 Å². The van der Waals surface area contributed by atoms with E-state index in [1.165, 1.54) is 10.7 Å². The SMILES string of the molecule is O=C(Cn1cccn1)Nc1cccc(O)c1. The van der Waals surface area contributed by atoms with Gasteiger partial charge in [0.2, 0.25) is 5.91 Å². The van der Waals surface area contributed by atoms with Crippen LogP contribution in [0.15, 0.2) is 42.7 Å². The second-order valence-electron chi connectivity index (χ2n) is 3.30. The van der Waals surface area contributed by atoms with Crippen LogP contribution in [0.5, 0.6) is 5.75 Å². The lowest BCUT2D eigenvalue weighted by Crippen LogP contribution is -2.18. The zero-order chi connectivity index (χ0) is 11.4. The predicted octanol–water partition coefficient (Wildman–Crippen LogP) is 1.23. The van der Waals surface area contributed by atoms with Gasteiger partial charge in [-0.25, -0.2) is 0 Å². The first-order valence-corrected chi connectivity index (χ1v) is 4.80. The molecular formula is C11H11N3O2. The summed E-state index contributed by atoms with van der Waals surface area (Å²) in [6.45, 7) is 0.155. The van der Waals surface area contributed by atoms with Gasteiger partial charge in [-0.1, -0.05) is 6.07 Å². The van der Waals surface area contributed by atoms with Crippen LogP contribution in [0.25, 0.3) is 0 Å². The van der Waals surface area contributed by atoms with Crippen molar-refractivity contribution in [3.05, 3.63) is 42.7 Å². The summed E-state index contributed by atoms with van der Waals surface area (Å²) in [5, 5.41) is 15.8. The fourth-order valence-electron chi connectivity index (χ4n) is 1.33. The highest BCUT2D eigenvalue weighted by Crippen LogP contribution is 2.15. The topological polar surface area (TPSA) is 67.2 Å². The molecule has 5 nitrogen and oxygen atoms in total. The molecule has 0 saturated heterocycles. The Morgan fingerprint density at radius 2 is 2.31 bits per heavy atom. The number of carbonyl (C=O) groups is 1. The minimum atomic E-state index is -0.186. The van der Waals surface area contributed by atoms with Crippen LogP contribution >= 0.6 is 0 Å². The molecule has 0 bridgehead atoms. The summed E-state index contributed by atoms with van der Waals surface area (Å²) < 4.78 is 1.53. The molecule has 1 aromatic heterocycles. The van der Waals surface area contributed by atoms with Crippen molar-refractivity contribution in [1.82, 2.24) is 9.78 Å². The summed E-state index contributed by atoms with van der Waals surface area (Å²) >= 11 is 0. The molecule has 0 radical (unpaired) electrons. The van der Waals surface area contributed by atoms with Crippen molar-refractivity contribution in [2.24, 2.45) is 0 Å². The number of rotatable bonds is 3. The number of aromatic nitrogens is 2. The molecule has 0 fully saturated rings. The van der Waals surface area contributed by atoms with Crippen LogP contribution < -0.4 is 5.32 Å². The molecule has 0 aliphatic rings. The van der Waals surface area contributed by atoms with Gasteiger partial charge in [0.25, 0.3) is 0 Å². The number of hydrogen-bond donors (Lipinski definition) is 2. The quantitative estimate of drug-likeness (QED) is 0.812. The largest absolute Gasteiger partial charge is 0.508 e. The van der Waals surface area contributed by atoms with Gasteiger partial charge in [-0.05, 0) is 18.2 Å². The van der Waals surface area contributed by atoms with Crippen molar-refractivity contribution in [3.63, 3.8) is 0 Å². The Morgan fingerprint density at radius 1 is 1.44 bits per heavy atom. The van der Waals surface area contributed by atoms with Crippen LogP contribution in [-0.4, -0.2) is 20.8 Å².